The first kappa shape index (κ1) is 18.1. The van der Waals surface area contributed by atoms with Crippen LogP contribution in [0.4, 0.5) is 0 Å². The summed E-state index contributed by atoms with van der Waals surface area (Å²) in [6.45, 7) is 16.0. The van der Waals surface area contributed by atoms with Gasteiger partial charge in [-0.3, -0.25) is 4.98 Å². The molecular weight excluding hydrogens is 258 g/mol. The predicted octanol–water partition coefficient (Wildman–Crippen LogP) is 3.63. The summed E-state index contributed by atoms with van der Waals surface area (Å²) >= 11 is 0. The van der Waals surface area contributed by atoms with Crippen LogP contribution < -0.4 is 0 Å². The maximum atomic E-state index is 4.16. The summed E-state index contributed by atoms with van der Waals surface area (Å²) in [5.74, 6) is 0.647. The van der Waals surface area contributed by atoms with Gasteiger partial charge >= 0.3 is 0 Å². The Morgan fingerprint density at radius 1 is 0.810 bits per heavy atom. The molecule has 0 spiro atoms. The number of aromatic nitrogens is 1. The largest absolute Gasteiger partial charge is 0.304 e. The average Bonchev–Trinajstić information content (AvgIpc) is 2.55. The Labute approximate surface area is 131 Å². The molecule has 1 aromatic rings. The molecule has 3 heteroatoms. The van der Waals surface area contributed by atoms with Gasteiger partial charge in [-0.2, -0.15) is 0 Å². The van der Waals surface area contributed by atoms with Crippen LogP contribution in [0.15, 0.2) is 24.5 Å². The van der Waals surface area contributed by atoms with Gasteiger partial charge < -0.3 is 9.80 Å². The van der Waals surface area contributed by atoms with Gasteiger partial charge in [0, 0.05) is 12.4 Å². The number of nitrogens with zero attached hydrogens (tertiary/aromatic N) is 3. The lowest BCUT2D eigenvalue weighted by Crippen LogP contribution is -2.28. The van der Waals surface area contributed by atoms with Gasteiger partial charge in [-0.1, -0.05) is 27.7 Å². The van der Waals surface area contributed by atoms with E-state index in [1.807, 2.05) is 12.4 Å². The van der Waals surface area contributed by atoms with Crippen molar-refractivity contribution in [3.8, 4) is 0 Å². The van der Waals surface area contributed by atoms with Crippen molar-refractivity contribution in [3.63, 3.8) is 0 Å². The fourth-order valence-corrected chi connectivity index (χ4v) is 2.87. The first-order valence-electron chi connectivity index (χ1n) is 8.59. The minimum atomic E-state index is 0.647. The van der Waals surface area contributed by atoms with Crippen molar-refractivity contribution < 1.29 is 0 Å². The van der Waals surface area contributed by atoms with E-state index in [-0.39, 0.29) is 0 Å². The molecule has 0 unspecified atom stereocenters. The van der Waals surface area contributed by atoms with Crippen LogP contribution >= 0.6 is 0 Å². The third-order valence-corrected chi connectivity index (χ3v) is 4.55. The van der Waals surface area contributed by atoms with Crippen LogP contribution in [0.2, 0.25) is 0 Å². The predicted molar refractivity (Wildman–Crippen MR) is 91.8 cm³/mol. The van der Waals surface area contributed by atoms with Gasteiger partial charge in [-0.15, -0.1) is 0 Å². The van der Waals surface area contributed by atoms with Crippen LogP contribution in [0.1, 0.15) is 52.0 Å². The molecule has 120 valence electrons. The molecule has 21 heavy (non-hydrogen) atoms. The smallest absolute Gasteiger partial charge is 0.0270 e. The zero-order valence-corrected chi connectivity index (χ0v) is 14.4. The van der Waals surface area contributed by atoms with E-state index in [2.05, 4.69) is 54.6 Å². The fraction of sp³-hybridized carbons (Fsp3) is 0.722. The van der Waals surface area contributed by atoms with Crippen LogP contribution in [-0.4, -0.2) is 54.1 Å². The van der Waals surface area contributed by atoms with E-state index in [1.165, 1.54) is 31.5 Å². The maximum absolute atomic E-state index is 4.16. The number of pyridine rings is 1. The first-order chi connectivity index (χ1) is 10.2. The Kier molecular flexibility index (Phi) is 9.27. The monoisotopic (exact) mass is 291 g/mol. The molecule has 1 aromatic heterocycles. The SMILES string of the molecule is CCN(CC)CCC(CCN(CC)CC)c1ccncc1. The number of rotatable bonds is 11. The quantitative estimate of drug-likeness (QED) is 0.620. The van der Waals surface area contributed by atoms with E-state index in [4.69, 9.17) is 0 Å². The Bertz CT molecular complexity index is 329. The molecule has 0 aliphatic rings. The highest BCUT2D eigenvalue weighted by molar-refractivity contribution is 5.15. The van der Waals surface area contributed by atoms with Crippen molar-refractivity contribution in [3.05, 3.63) is 30.1 Å². The molecule has 0 fully saturated rings. The van der Waals surface area contributed by atoms with E-state index in [9.17, 15) is 0 Å². The lowest BCUT2D eigenvalue weighted by atomic mass is 9.92. The lowest BCUT2D eigenvalue weighted by Gasteiger charge is -2.25. The number of hydrogen-bond acceptors (Lipinski definition) is 3. The summed E-state index contributed by atoms with van der Waals surface area (Å²) in [5.41, 5.74) is 1.45. The van der Waals surface area contributed by atoms with Crippen LogP contribution in [0.3, 0.4) is 0 Å². The van der Waals surface area contributed by atoms with Gasteiger partial charge in [0.2, 0.25) is 0 Å². The third-order valence-electron chi connectivity index (χ3n) is 4.55. The minimum Gasteiger partial charge on any atom is -0.304 e. The summed E-state index contributed by atoms with van der Waals surface area (Å²) in [6.07, 6.45) is 6.34. The molecular formula is C18H33N3. The molecule has 0 atom stereocenters. The summed E-state index contributed by atoms with van der Waals surface area (Å²) < 4.78 is 0. The topological polar surface area (TPSA) is 19.4 Å². The molecule has 0 radical (unpaired) electrons. The summed E-state index contributed by atoms with van der Waals surface area (Å²) in [7, 11) is 0. The van der Waals surface area contributed by atoms with Gasteiger partial charge in [0.1, 0.15) is 0 Å². The lowest BCUT2D eigenvalue weighted by molar-refractivity contribution is 0.263. The highest BCUT2D eigenvalue weighted by atomic mass is 15.1. The maximum Gasteiger partial charge on any atom is 0.0270 e. The van der Waals surface area contributed by atoms with E-state index in [0.717, 1.165) is 26.2 Å². The molecule has 1 heterocycles. The second-order valence-electron chi connectivity index (χ2n) is 5.61. The molecule has 0 amide bonds. The van der Waals surface area contributed by atoms with E-state index in [0.29, 0.717) is 5.92 Å². The van der Waals surface area contributed by atoms with Crippen LogP contribution in [0.25, 0.3) is 0 Å². The summed E-state index contributed by atoms with van der Waals surface area (Å²) in [6, 6.07) is 4.38. The van der Waals surface area contributed by atoms with Gasteiger partial charge in [0.15, 0.2) is 0 Å². The zero-order valence-electron chi connectivity index (χ0n) is 14.4. The van der Waals surface area contributed by atoms with Crippen molar-refractivity contribution in [2.24, 2.45) is 0 Å². The Balaban J connectivity index is 2.62. The molecule has 0 aromatic carbocycles. The van der Waals surface area contributed by atoms with E-state index in [1.54, 1.807) is 0 Å². The van der Waals surface area contributed by atoms with Gasteiger partial charge in [-0.25, -0.2) is 0 Å². The molecule has 0 saturated heterocycles. The average molecular weight is 291 g/mol. The van der Waals surface area contributed by atoms with Crippen LogP contribution in [-0.2, 0) is 0 Å². The molecule has 0 N–H and O–H groups in total. The Morgan fingerprint density at radius 3 is 1.62 bits per heavy atom. The fourth-order valence-electron chi connectivity index (χ4n) is 2.87. The molecule has 0 aliphatic carbocycles. The van der Waals surface area contributed by atoms with Crippen molar-refractivity contribution in [1.29, 1.82) is 0 Å². The molecule has 3 nitrogen and oxygen atoms in total. The molecule has 0 aliphatic heterocycles. The standard InChI is InChI=1S/C18H33N3/c1-5-20(6-2)15-11-18(12-16-21(7-3)8-4)17-9-13-19-14-10-17/h9-10,13-14,18H,5-8,11-12,15-16H2,1-4H3. The molecule has 0 bridgehead atoms. The van der Waals surface area contributed by atoms with Crippen molar-refractivity contribution >= 4 is 0 Å². The number of hydrogen-bond donors (Lipinski definition) is 0. The highest BCUT2D eigenvalue weighted by Gasteiger charge is 2.14. The first-order valence-corrected chi connectivity index (χ1v) is 8.59. The second kappa shape index (κ2) is 10.7. The molecule has 1 rings (SSSR count). The minimum absolute atomic E-state index is 0.647. The summed E-state index contributed by atoms with van der Waals surface area (Å²) in [4.78, 5) is 9.20. The van der Waals surface area contributed by atoms with Crippen molar-refractivity contribution in [2.45, 2.75) is 46.5 Å². The Hall–Kier alpha value is -0.930. The van der Waals surface area contributed by atoms with Crippen LogP contribution in [0.5, 0.6) is 0 Å². The summed E-state index contributed by atoms with van der Waals surface area (Å²) in [5, 5.41) is 0. The van der Waals surface area contributed by atoms with E-state index >= 15 is 0 Å². The van der Waals surface area contributed by atoms with Gasteiger partial charge in [-0.05, 0) is 75.7 Å². The highest BCUT2D eigenvalue weighted by Crippen LogP contribution is 2.23. The zero-order chi connectivity index (χ0) is 15.5. The third kappa shape index (κ3) is 6.58. The van der Waals surface area contributed by atoms with E-state index < -0.39 is 0 Å². The Morgan fingerprint density at radius 2 is 1.24 bits per heavy atom. The van der Waals surface area contributed by atoms with Crippen LogP contribution in [0, 0.1) is 0 Å². The van der Waals surface area contributed by atoms with Gasteiger partial charge in [0.05, 0.1) is 0 Å². The van der Waals surface area contributed by atoms with Crippen molar-refractivity contribution in [1.82, 2.24) is 14.8 Å². The van der Waals surface area contributed by atoms with Crippen molar-refractivity contribution in [2.75, 3.05) is 39.3 Å². The van der Waals surface area contributed by atoms with Gasteiger partial charge in [0.25, 0.3) is 0 Å². The second-order valence-corrected chi connectivity index (χ2v) is 5.61. The normalized spacial score (nSPS) is 11.8. The molecule has 0 saturated carbocycles.